The SMILES string of the molecule is CC1CCN(C(=O)CN2C(=O)CSc3ccccc32)C(C(=O)O)C1. The van der Waals surface area contributed by atoms with Crippen LogP contribution in [-0.2, 0) is 14.4 Å². The predicted octanol–water partition coefficient (Wildman–Crippen LogP) is 1.84. The van der Waals surface area contributed by atoms with Crippen molar-refractivity contribution in [2.24, 2.45) is 5.92 Å². The van der Waals surface area contributed by atoms with Gasteiger partial charge in [0.05, 0.1) is 11.4 Å². The number of amides is 2. The van der Waals surface area contributed by atoms with Gasteiger partial charge in [0.1, 0.15) is 12.6 Å². The maximum Gasteiger partial charge on any atom is 0.326 e. The smallest absolute Gasteiger partial charge is 0.326 e. The lowest BCUT2D eigenvalue weighted by molar-refractivity contribution is -0.152. The first-order chi connectivity index (χ1) is 11.5. The number of aliphatic carboxylic acids is 1. The van der Waals surface area contributed by atoms with Crippen LogP contribution < -0.4 is 4.90 Å². The largest absolute Gasteiger partial charge is 0.480 e. The van der Waals surface area contributed by atoms with Crippen molar-refractivity contribution in [2.45, 2.75) is 30.7 Å². The van der Waals surface area contributed by atoms with Gasteiger partial charge < -0.3 is 14.9 Å². The minimum absolute atomic E-state index is 0.103. The van der Waals surface area contributed by atoms with Crippen LogP contribution in [0.1, 0.15) is 19.8 Å². The normalized spacial score (nSPS) is 23.8. The van der Waals surface area contributed by atoms with Crippen LogP contribution in [0.15, 0.2) is 29.2 Å². The summed E-state index contributed by atoms with van der Waals surface area (Å²) < 4.78 is 0. The van der Waals surface area contributed by atoms with Gasteiger partial charge in [-0.3, -0.25) is 9.59 Å². The van der Waals surface area contributed by atoms with Crippen LogP contribution in [0, 0.1) is 5.92 Å². The standard InChI is InChI=1S/C17H20N2O4S/c1-11-6-7-18(13(8-11)17(22)23)15(20)9-19-12-4-2-3-5-14(12)24-10-16(19)21/h2-5,11,13H,6-10H2,1H3,(H,22,23). The van der Waals surface area contributed by atoms with E-state index in [1.807, 2.05) is 31.2 Å². The summed E-state index contributed by atoms with van der Waals surface area (Å²) in [7, 11) is 0. The number of carbonyl (C=O) groups excluding carboxylic acids is 2. The topological polar surface area (TPSA) is 77.9 Å². The van der Waals surface area contributed by atoms with Crippen molar-refractivity contribution in [1.29, 1.82) is 0 Å². The molecule has 1 aromatic carbocycles. The molecule has 0 aromatic heterocycles. The Morgan fingerprint density at radius 3 is 2.83 bits per heavy atom. The maximum absolute atomic E-state index is 12.7. The Balaban J connectivity index is 1.79. The third-order valence-corrected chi connectivity index (χ3v) is 5.62. The summed E-state index contributed by atoms with van der Waals surface area (Å²) in [5.74, 6) is -0.822. The number of para-hydroxylation sites is 1. The van der Waals surface area contributed by atoms with Gasteiger partial charge in [0.2, 0.25) is 11.8 Å². The number of anilines is 1. The zero-order chi connectivity index (χ0) is 17.3. The number of carboxylic acid groups (broad SMARTS) is 1. The molecule has 2 unspecified atom stereocenters. The molecule has 0 aliphatic carbocycles. The van der Waals surface area contributed by atoms with E-state index >= 15 is 0 Å². The van der Waals surface area contributed by atoms with Crippen molar-refractivity contribution >= 4 is 35.2 Å². The Morgan fingerprint density at radius 1 is 1.33 bits per heavy atom. The molecule has 3 rings (SSSR count). The average Bonchev–Trinajstić information content (AvgIpc) is 2.57. The Bertz CT molecular complexity index is 678. The number of hydrogen-bond acceptors (Lipinski definition) is 4. The summed E-state index contributed by atoms with van der Waals surface area (Å²) in [6.45, 7) is 2.32. The summed E-state index contributed by atoms with van der Waals surface area (Å²) in [4.78, 5) is 40.3. The van der Waals surface area contributed by atoms with Crippen molar-refractivity contribution in [3.63, 3.8) is 0 Å². The van der Waals surface area contributed by atoms with Gasteiger partial charge in [0.25, 0.3) is 0 Å². The number of carboxylic acids is 1. The van der Waals surface area contributed by atoms with Crippen LogP contribution >= 0.6 is 11.8 Å². The van der Waals surface area contributed by atoms with Crippen molar-refractivity contribution in [3.8, 4) is 0 Å². The number of piperidine rings is 1. The van der Waals surface area contributed by atoms with E-state index in [1.54, 1.807) is 0 Å². The van der Waals surface area contributed by atoms with Crippen molar-refractivity contribution in [3.05, 3.63) is 24.3 Å². The molecule has 1 aromatic rings. The molecule has 1 N–H and O–H groups in total. The molecule has 0 bridgehead atoms. The molecule has 2 aliphatic rings. The van der Waals surface area contributed by atoms with Crippen molar-refractivity contribution in [2.75, 3.05) is 23.7 Å². The van der Waals surface area contributed by atoms with Crippen molar-refractivity contribution < 1.29 is 19.5 Å². The molecule has 0 spiro atoms. The zero-order valence-corrected chi connectivity index (χ0v) is 14.3. The summed E-state index contributed by atoms with van der Waals surface area (Å²) in [5, 5.41) is 9.41. The van der Waals surface area contributed by atoms with Crippen LogP contribution in [0.4, 0.5) is 5.69 Å². The maximum atomic E-state index is 12.7. The number of thioether (sulfide) groups is 1. The molecule has 0 radical (unpaired) electrons. The fourth-order valence-corrected chi connectivity index (χ4v) is 4.16. The van der Waals surface area contributed by atoms with E-state index in [2.05, 4.69) is 0 Å². The number of hydrogen-bond donors (Lipinski definition) is 1. The zero-order valence-electron chi connectivity index (χ0n) is 13.5. The van der Waals surface area contributed by atoms with Gasteiger partial charge >= 0.3 is 5.97 Å². The second kappa shape index (κ2) is 6.84. The number of nitrogens with zero attached hydrogens (tertiary/aromatic N) is 2. The molecule has 2 aliphatic heterocycles. The van der Waals surface area contributed by atoms with E-state index < -0.39 is 12.0 Å². The Kier molecular flexibility index (Phi) is 4.80. The van der Waals surface area contributed by atoms with E-state index in [-0.39, 0.29) is 24.3 Å². The summed E-state index contributed by atoms with van der Waals surface area (Å²) in [6, 6.07) is 6.67. The van der Waals surface area contributed by atoms with Gasteiger partial charge in [-0.15, -0.1) is 11.8 Å². The average molecular weight is 348 g/mol. The number of rotatable bonds is 3. The van der Waals surface area contributed by atoms with Gasteiger partial charge in [-0.25, -0.2) is 4.79 Å². The first-order valence-corrected chi connectivity index (χ1v) is 9.00. The lowest BCUT2D eigenvalue weighted by Crippen LogP contribution is -2.53. The fraction of sp³-hybridized carbons (Fsp3) is 0.471. The third-order valence-electron chi connectivity index (χ3n) is 4.57. The van der Waals surface area contributed by atoms with Crippen LogP contribution in [0.25, 0.3) is 0 Å². The highest BCUT2D eigenvalue weighted by atomic mass is 32.2. The van der Waals surface area contributed by atoms with Crippen LogP contribution in [-0.4, -0.2) is 52.7 Å². The summed E-state index contributed by atoms with van der Waals surface area (Å²) in [5.41, 5.74) is 0.726. The molecular formula is C17H20N2O4S. The van der Waals surface area contributed by atoms with Gasteiger partial charge in [0.15, 0.2) is 0 Å². The number of fused-ring (bicyclic) bond motifs is 1. The van der Waals surface area contributed by atoms with E-state index in [0.717, 1.165) is 17.0 Å². The molecule has 0 saturated carbocycles. The molecule has 1 fully saturated rings. The summed E-state index contributed by atoms with van der Waals surface area (Å²) >= 11 is 1.46. The number of benzene rings is 1. The highest BCUT2D eigenvalue weighted by Crippen LogP contribution is 2.35. The molecule has 128 valence electrons. The first-order valence-electron chi connectivity index (χ1n) is 8.02. The molecule has 2 atom stereocenters. The molecule has 1 saturated heterocycles. The Hall–Kier alpha value is -2.02. The molecule has 2 heterocycles. The highest BCUT2D eigenvalue weighted by molar-refractivity contribution is 8.00. The second-order valence-corrected chi connectivity index (χ2v) is 7.32. The quantitative estimate of drug-likeness (QED) is 0.902. The van der Waals surface area contributed by atoms with Crippen molar-refractivity contribution in [1.82, 2.24) is 4.90 Å². The molecule has 7 heteroatoms. The van der Waals surface area contributed by atoms with Crippen LogP contribution in [0.3, 0.4) is 0 Å². The first kappa shape index (κ1) is 16.8. The van der Waals surface area contributed by atoms with Gasteiger partial charge in [-0.2, -0.15) is 0 Å². The fourth-order valence-electron chi connectivity index (χ4n) is 3.23. The molecule has 24 heavy (non-hydrogen) atoms. The lowest BCUT2D eigenvalue weighted by Gasteiger charge is -2.37. The Labute approximate surface area is 144 Å². The van der Waals surface area contributed by atoms with Crippen LogP contribution in [0.2, 0.25) is 0 Å². The number of likely N-dealkylation sites (tertiary alicyclic amines) is 1. The van der Waals surface area contributed by atoms with Gasteiger partial charge in [-0.1, -0.05) is 19.1 Å². The van der Waals surface area contributed by atoms with E-state index in [0.29, 0.717) is 18.7 Å². The van der Waals surface area contributed by atoms with Gasteiger partial charge in [0, 0.05) is 11.4 Å². The van der Waals surface area contributed by atoms with E-state index in [9.17, 15) is 19.5 Å². The monoisotopic (exact) mass is 348 g/mol. The third kappa shape index (κ3) is 3.26. The predicted molar refractivity (Wildman–Crippen MR) is 91.1 cm³/mol. The number of carbonyl (C=O) groups is 3. The lowest BCUT2D eigenvalue weighted by atomic mass is 9.92. The minimum Gasteiger partial charge on any atom is -0.480 e. The highest BCUT2D eigenvalue weighted by Gasteiger charge is 2.36. The molecule has 2 amide bonds. The second-order valence-electron chi connectivity index (χ2n) is 6.31. The van der Waals surface area contributed by atoms with E-state index in [4.69, 9.17) is 0 Å². The van der Waals surface area contributed by atoms with Gasteiger partial charge in [-0.05, 0) is 30.9 Å². The summed E-state index contributed by atoms with van der Waals surface area (Å²) in [6.07, 6.45) is 1.25. The molecule has 6 nitrogen and oxygen atoms in total. The minimum atomic E-state index is -0.976. The van der Waals surface area contributed by atoms with E-state index in [1.165, 1.54) is 21.6 Å². The Morgan fingerprint density at radius 2 is 2.08 bits per heavy atom. The van der Waals surface area contributed by atoms with Crippen LogP contribution in [0.5, 0.6) is 0 Å². The molecular weight excluding hydrogens is 328 g/mol.